The van der Waals surface area contributed by atoms with Gasteiger partial charge in [-0.25, -0.2) is 19.5 Å². The van der Waals surface area contributed by atoms with Crippen LogP contribution in [0.3, 0.4) is 0 Å². The first-order chi connectivity index (χ1) is 16.5. The van der Waals surface area contributed by atoms with Crippen LogP contribution < -0.4 is 11.5 Å². The molecule has 0 bridgehead atoms. The van der Waals surface area contributed by atoms with Gasteiger partial charge in [0, 0.05) is 0 Å². The van der Waals surface area contributed by atoms with E-state index in [0.29, 0.717) is 11.9 Å². The van der Waals surface area contributed by atoms with Crippen molar-refractivity contribution in [2.45, 2.75) is 37.0 Å². The van der Waals surface area contributed by atoms with Crippen molar-refractivity contribution in [1.82, 2.24) is 19.5 Å². The molecule has 15 nitrogen and oxygen atoms in total. The van der Waals surface area contributed by atoms with Gasteiger partial charge in [-0.3, -0.25) is 13.9 Å². The van der Waals surface area contributed by atoms with Crippen molar-refractivity contribution < 1.29 is 43.7 Å². The summed E-state index contributed by atoms with van der Waals surface area (Å²) in [6.45, 7) is -0.594. The van der Waals surface area contributed by atoms with Crippen molar-refractivity contribution in [3.63, 3.8) is 0 Å². The molecule has 1 saturated heterocycles. The van der Waals surface area contributed by atoms with Crippen molar-refractivity contribution in [3.8, 4) is 0 Å². The topological polar surface area (TPSA) is 249 Å². The maximum atomic E-state index is 10.7. The number of imidazole rings is 1. The first kappa shape index (κ1) is 26.6. The summed E-state index contributed by atoms with van der Waals surface area (Å²) in [7, 11) is -4.72. The maximum Gasteiger partial charge on any atom is 0.469 e. The minimum absolute atomic E-state index is 0.142. The van der Waals surface area contributed by atoms with Crippen LogP contribution in [0.1, 0.15) is 11.8 Å². The standard InChI is InChI=1S/C10H14N5O7P.C9H11NO2/c11-8-5-9(13-2-12-8)15(3-14-5)10-7(17)6(16)4(22-10)1-21-23(18,19)20;10-8(9(11)12)6-7-4-2-1-3-5-7/h2-4,6-7,10,16-17H,1H2,(H2,11,12,13)(H2,18,19,20);1-5,8H,6,10H2,(H,11,12)/t4-,6-,7-,10-;/m1./s1. The first-order valence-corrected chi connectivity index (χ1v) is 11.7. The van der Waals surface area contributed by atoms with Crippen LogP contribution in [0.4, 0.5) is 5.82 Å². The third kappa shape index (κ3) is 6.78. The largest absolute Gasteiger partial charge is 0.480 e. The molecular weight excluding hydrogens is 487 g/mol. The van der Waals surface area contributed by atoms with E-state index in [4.69, 9.17) is 31.1 Å². The van der Waals surface area contributed by atoms with Crippen molar-refractivity contribution in [1.29, 1.82) is 0 Å². The Hall–Kier alpha value is -3.01. The smallest absolute Gasteiger partial charge is 0.469 e. The number of rotatable bonds is 7. The quantitative estimate of drug-likeness (QED) is 0.183. The predicted octanol–water partition coefficient (Wildman–Crippen LogP) is -1.22. The molecule has 0 radical (unpaired) electrons. The Labute approximate surface area is 198 Å². The van der Waals surface area contributed by atoms with E-state index < -0.39 is 51.0 Å². The molecule has 9 N–H and O–H groups in total. The van der Waals surface area contributed by atoms with Crippen LogP contribution in [0.5, 0.6) is 0 Å². The Morgan fingerprint density at radius 2 is 1.86 bits per heavy atom. The number of anilines is 1. The van der Waals surface area contributed by atoms with Gasteiger partial charge in [-0.2, -0.15) is 0 Å². The van der Waals surface area contributed by atoms with E-state index in [1.165, 1.54) is 17.2 Å². The molecule has 3 aromatic rings. The number of nitrogens with zero attached hydrogens (tertiary/aromatic N) is 4. The average Bonchev–Trinajstić information content (AvgIpc) is 3.35. The Morgan fingerprint density at radius 1 is 1.17 bits per heavy atom. The second-order valence-corrected chi connectivity index (χ2v) is 8.79. The van der Waals surface area contributed by atoms with E-state index in [0.717, 1.165) is 5.56 Å². The number of aliphatic hydroxyl groups excluding tert-OH is 2. The number of carboxylic acid groups (broad SMARTS) is 1. The highest BCUT2D eigenvalue weighted by atomic mass is 31.2. The number of aliphatic carboxylic acids is 1. The highest BCUT2D eigenvalue weighted by Gasteiger charge is 2.45. The third-order valence-electron chi connectivity index (χ3n) is 5.02. The Kier molecular flexibility index (Phi) is 8.47. The van der Waals surface area contributed by atoms with Crippen molar-refractivity contribution in [3.05, 3.63) is 48.5 Å². The van der Waals surface area contributed by atoms with E-state index in [9.17, 15) is 19.6 Å². The maximum absolute atomic E-state index is 10.7. The highest BCUT2D eigenvalue weighted by molar-refractivity contribution is 7.46. The average molecular weight is 512 g/mol. The van der Waals surface area contributed by atoms with Gasteiger partial charge in [0.2, 0.25) is 0 Å². The summed E-state index contributed by atoms with van der Waals surface area (Å²) < 4.78 is 21.8. The zero-order valence-corrected chi connectivity index (χ0v) is 19.0. The molecule has 3 heterocycles. The molecule has 1 aromatic carbocycles. The van der Waals surface area contributed by atoms with Crippen molar-refractivity contribution in [2.75, 3.05) is 12.3 Å². The summed E-state index contributed by atoms with van der Waals surface area (Å²) in [6, 6.07) is 8.54. The number of benzene rings is 1. The van der Waals surface area contributed by atoms with Gasteiger partial charge in [-0.1, -0.05) is 30.3 Å². The van der Waals surface area contributed by atoms with Crippen LogP contribution in [0, 0.1) is 0 Å². The zero-order chi connectivity index (χ0) is 25.8. The number of carboxylic acids is 1. The molecule has 1 aliphatic rings. The fourth-order valence-electron chi connectivity index (χ4n) is 3.28. The van der Waals surface area contributed by atoms with Crippen LogP contribution in [0.15, 0.2) is 43.0 Å². The number of nitrogen functional groups attached to an aromatic ring is 1. The molecule has 16 heteroatoms. The number of fused-ring (bicyclic) bond motifs is 1. The Morgan fingerprint density at radius 3 is 2.49 bits per heavy atom. The van der Waals surface area contributed by atoms with E-state index >= 15 is 0 Å². The normalized spacial score (nSPS) is 23.0. The molecule has 1 fully saturated rings. The zero-order valence-electron chi connectivity index (χ0n) is 18.1. The van der Waals surface area contributed by atoms with E-state index in [2.05, 4.69) is 19.5 Å². The van der Waals surface area contributed by atoms with E-state index in [1.807, 2.05) is 30.3 Å². The number of aliphatic hydroxyl groups is 2. The lowest BCUT2D eigenvalue weighted by atomic mass is 10.1. The second-order valence-electron chi connectivity index (χ2n) is 7.55. The SMILES string of the molecule is NC(Cc1ccccc1)C(=O)O.Nc1ncnc2c1ncn2[C@@H]1O[C@H](COP(=O)(O)O)[C@@H](O)[C@H]1O. The minimum Gasteiger partial charge on any atom is -0.480 e. The van der Waals surface area contributed by atoms with Gasteiger partial charge in [-0.15, -0.1) is 0 Å². The summed E-state index contributed by atoms with van der Waals surface area (Å²) in [6.07, 6.45) is -2.10. The number of phosphoric ester groups is 1. The van der Waals surface area contributed by atoms with Crippen LogP contribution in [0.25, 0.3) is 11.2 Å². The Bertz CT molecular complexity index is 1190. The summed E-state index contributed by atoms with van der Waals surface area (Å²) >= 11 is 0. The van der Waals surface area contributed by atoms with E-state index in [1.54, 1.807) is 0 Å². The van der Waals surface area contributed by atoms with Crippen molar-refractivity contribution >= 4 is 30.8 Å². The molecule has 0 saturated carbocycles. The number of phosphoric acid groups is 1. The van der Waals surface area contributed by atoms with Gasteiger partial charge < -0.3 is 41.3 Å². The number of carbonyl (C=O) groups is 1. The molecule has 0 amide bonds. The molecule has 190 valence electrons. The third-order valence-corrected chi connectivity index (χ3v) is 5.51. The fraction of sp³-hybridized carbons (Fsp3) is 0.368. The van der Waals surface area contributed by atoms with Gasteiger partial charge >= 0.3 is 13.8 Å². The summed E-state index contributed by atoms with van der Waals surface area (Å²) in [5.74, 6) is -0.818. The monoisotopic (exact) mass is 512 g/mol. The molecule has 0 spiro atoms. The van der Waals surface area contributed by atoms with Gasteiger partial charge in [0.25, 0.3) is 0 Å². The molecule has 1 aliphatic heterocycles. The van der Waals surface area contributed by atoms with Gasteiger partial charge in [0.15, 0.2) is 17.7 Å². The number of hydrogen-bond acceptors (Lipinski definition) is 11. The summed E-state index contributed by atoms with van der Waals surface area (Å²) in [5.41, 5.74) is 12.5. The van der Waals surface area contributed by atoms with Gasteiger partial charge in [-0.05, 0) is 12.0 Å². The second kappa shape index (κ2) is 11.2. The first-order valence-electron chi connectivity index (χ1n) is 10.1. The number of hydrogen-bond donors (Lipinski definition) is 7. The van der Waals surface area contributed by atoms with E-state index in [-0.39, 0.29) is 11.5 Å². The number of ether oxygens (including phenoxy) is 1. The highest BCUT2D eigenvalue weighted by Crippen LogP contribution is 2.38. The summed E-state index contributed by atoms with van der Waals surface area (Å²) in [4.78, 5) is 39.6. The van der Waals surface area contributed by atoms with Crippen LogP contribution in [0.2, 0.25) is 0 Å². The van der Waals surface area contributed by atoms with Gasteiger partial charge in [0.05, 0.1) is 12.9 Å². The molecule has 2 aromatic heterocycles. The fourth-order valence-corrected chi connectivity index (χ4v) is 3.62. The lowest BCUT2D eigenvalue weighted by molar-refractivity contribution is -0.138. The molecule has 4 rings (SSSR count). The lowest BCUT2D eigenvalue weighted by Gasteiger charge is -2.16. The minimum atomic E-state index is -4.72. The lowest BCUT2D eigenvalue weighted by Crippen LogP contribution is -2.33. The van der Waals surface area contributed by atoms with Crippen molar-refractivity contribution in [2.24, 2.45) is 5.73 Å². The molecule has 5 atom stereocenters. The Balaban J connectivity index is 0.000000241. The van der Waals surface area contributed by atoms with Gasteiger partial charge in [0.1, 0.15) is 36.2 Å². The predicted molar refractivity (Wildman–Crippen MR) is 119 cm³/mol. The molecular formula is C19H25N6O9P. The molecule has 0 aliphatic carbocycles. The summed E-state index contributed by atoms with van der Waals surface area (Å²) in [5, 5.41) is 28.6. The molecule has 35 heavy (non-hydrogen) atoms. The number of nitrogens with two attached hydrogens (primary N) is 2. The molecule has 1 unspecified atom stereocenters. The van der Waals surface area contributed by atoms with Crippen LogP contribution >= 0.6 is 7.82 Å². The van der Waals surface area contributed by atoms with Crippen LogP contribution in [-0.4, -0.2) is 81.6 Å². The van der Waals surface area contributed by atoms with Crippen LogP contribution in [-0.2, 0) is 25.0 Å². The number of aromatic nitrogens is 4.